The molecule has 1 aliphatic rings. The zero-order chi connectivity index (χ0) is 20.0. The molecule has 1 atom stereocenters. The lowest BCUT2D eigenvalue weighted by atomic mass is 10.2. The van der Waals surface area contributed by atoms with Crippen LogP contribution in [-0.2, 0) is 29.1 Å². The number of esters is 2. The monoisotopic (exact) mass is 398 g/mol. The van der Waals surface area contributed by atoms with Crippen LogP contribution in [0.1, 0.15) is 30.6 Å². The van der Waals surface area contributed by atoms with Crippen molar-refractivity contribution >= 4 is 27.9 Å². The topological polar surface area (TPSA) is 119 Å². The molecule has 0 saturated carbocycles. The number of benzene rings is 1. The molecule has 9 nitrogen and oxygen atoms in total. The maximum absolute atomic E-state index is 12.4. The Bertz CT molecular complexity index is 801. The molecule has 0 aliphatic carbocycles. The fraction of sp³-hybridized carbons (Fsp3) is 0.471. The van der Waals surface area contributed by atoms with E-state index in [4.69, 9.17) is 4.74 Å². The summed E-state index contributed by atoms with van der Waals surface area (Å²) in [5.41, 5.74) is 0.196. The first-order valence-corrected chi connectivity index (χ1v) is 9.98. The average molecular weight is 398 g/mol. The van der Waals surface area contributed by atoms with E-state index in [1.54, 1.807) is 13.8 Å². The molecule has 1 aromatic carbocycles. The van der Waals surface area contributed by atoms with Crippen LogP contribution >= 0.6 is 0 Å². The van der Waals surface area contributed by atoms with Crippen LogP contribution in [0.3, 0.4) is 0 Å². The van der Waals surface area contributed by atoms with Gasteiger partial charge in [0.25, 0.3) is 5.91 Å². The Morgan fingerprint density at radius 2 is 1.85 bits per heavy atom. The Labute approximate surface area is 157 Å². The standard InChI is InChI=1S/C17H22N2O7S/c1-3-19(4-2)27(23,24)13-7-5-12(6-8-13)16(21)18-11-15(20)26-14-9-10-25-17(14)22/h5-8,14H,3-4,9-11H2,1-2H3,(H,18,21)/t14-/m0/s1. The lowest BCUT2D eigenvalue weighted by Crippen LogP contribution is -2.33. The lowest BCUT2D eigenvalue weighted by molar-refractivity contribution is -0.159. The number of ether oxygens (including phenoxy) is 2. The molecule has 2 rings (SSSR count). The highest BCUT2D eigenvalue weighted by Gasteiger charge is 2.30. The van der Waals surface area contributed by atoms with E-state index >= 15 is 0 Å². The number of carbonyl (C=O) groups excluding carboxylic acids is 3. The molecule has 1 N–H and O–H groups in total. The van der Waals surface area contributed by atoms with E-state index in [2.05, 4.69) is 10.1 Å². The zero-order valence-corrected chi connectivity index (χ0v) is 16.0. The molecule has 0 bridgehead atoms. The molecular formula is C17H22N2O7S. The average Bonchev–Trinajstić information content (AvgIpc) is 3.05. The van der Waals surface area contributed by atoms with E-state index in [-0.39, 0.29) is 17.1 Å². The molecule has 1 saturated heterocycles. The van der Waals surface area contributed by atoms with Gasteiger partial charge in [-0.25, -0.2) is 13.2 Å². The van der Waals surface area contributed by atoms with Gasteiger partial charge in [0.1, 0.15) is 6.54 Å². The molecule has 0 spiro atoms. The first-order chi connectivity index (χ1) is 12.8. The molecule has 27 heavy (non-hydrogen) atoms. The number of nitrogens with one attached hydrogen (secondary N) is 1. The third-order valence-electron chi connectivity index (χ3n) is 4.01. The zero-order valence-electron chi connectivity index (χ0n) is 15.1. The Hall–Kier alpha value is -2.46. The highest BCUT2D eigenvalue weighted by atomic mass is 32.2. The molecule has 1 heterocycles. The highest BCUT2D eigenvalue weighted by Crippen LogP contribution is 2.16. The van der Waals surface area contributed by atoms with Gasteiger partial charge >= 0.3 is 11.9 Å². The summed E-state index contributed by atoms with van der Waals surface area (Å²) in [7, 11) is -3.60. The molecule has 1 aliphatic heterocycles. The van der Waals surface area contributed by atoms with Crippen LogP contribution in [0.25, 0.3) is 0 Å². The van der Waals surface area contributed by atoms with Crippen LogP contribution in [-0.4, -0.2) is 62.9 Å². The lowest BCUT2D eigenvalue weighted by Gasteiger charge is -2.18. The molecule has 0 unspecified atom stereocenters. The van der Waals surface area contributed by atoms with Crippen LogP contribution in [0, 0.1) is 0 Å². The Balaban J connectivity index is 1.93. The van der Waals surface area contributed by atoms with E-state index in [0.29, 0.717) is 19.5 Å². The van der Waals surface area contributed by atoms with Crippen molar-refractivity contribution in [3.05, 3.63) is 29.8 Å². The molecule has 1 aromatic rings. The smallest absolute Gasteiger partial charge is 0.347 e. The quantitative estimate of drug-likeness (QED) is 0.626. The molecule has 1 amide bonds. The third kappa shape index (κ3) is 5.04. The minimum atomic E-state index is -3.60. The van der Waals surface area contributed by atoms with E-state index < -0.39 is 40.5 Å². The fourth-order valence-electron chi connectivity index (χ4n) is 2.53. The van der Waals surface area contributed by atoms with Crippen LogP contribution in [0.2, 0.25) is 0 Å². The van der Waals surface area contributed by atoms with Crippen molar-refractivity contribution in [2.75, 3.05) is 26.2 Å². The van der Waals surface area contributed by atoms with Gasteiger partial charge in [-0.05, 0) is 24.3 Å². The maximum Gasteiger partial charge on any atom is 0.347 e. The predicted molar refractivity (Wildman–Crippen MR) is 94.3 cm³/mol. The molecule has 10 heteroatoms. The first-order valence-electron chi connectivity index (χ1n) is 8.54. The maximum atomic E-state index is 12.4. The van der Waals surface area contributed by atoms with Crippen molar-refractivity contribution in [2.45, 2.75) is 31.3 Å². The number of hydrogen-bond donors (Lipinski definition) is 1. The summed E-state index contributed by atoms with van der Waals surface area (Å²) in [6.07, 6.45) is -0.639. The molecular weight excluding hydrogens is 376 g/mol. The van der Waals surface area contributed by atoms with E-state index in [9.17, 15) is 22.8 Å². The van der Waals surface area contributed by atoms with Gasteiger partial charge in [-0.2, -0.15) is 4.31 Å². The summed E-state index contributed by atoms with van der Waals surface area (Å²) in [6, 6.07) is 5.42. The van der Waals surface area contributed by atoms with Crippen LogP contribution in [0.4, 0.5) is 0 Å². The van der Waals surface area contributed by atoms with Gasteiger partial charge in [-0.3, -0.25) is 9.59 Å². The molecule has 148 valence electrons. The first kappa shape index (κ1) is 20.8. The largest absolute Gasteiger partial charge is 0.463 e. The van der Waals surface area contributed by atoms with Gasteiger partial charge in [-0.1, -0.05) is 13.8 Å². The number of rotatable bonds is 8. The third-order valence-corrected chi connectivity index (χ3v) is 6.08. The van der Waals surface area contributed by atoms with Crippen LogP contribution in [0.5, 0.6) is 0 Å². The second-order valence-electron chi connectivity index (χ2n) is 5.73. The van der Waals surface area contributed by atoms with Gasteiger partial charge in [-0.15, -0.1) is 0 Å². The Morgan fingerprint density at radius 3 is 2.37 bits per heavy atom. The number of hydrogen-bond acceptors (Lipinski definition) is 7. The second-order valence-corrected chi connectivity index (χ2v) is 7.67. The Morgan fingerprint density at radius 1 is 1.22 bits per heavy atom. The number of sulfonamides is 1. The summed E-state index contributed by atoms with van der Waals surface area (Å²) in [5, 5.41) is 2.37. The van der Waals surface area contributed by atoms with E-state index in [0.717, 1.165) is 0 Å². The fourth-order valence-corrected chi connectivity index (χ4v) is 3.99. The van der Waals surface area contributed by atoms with Gasteiger partial charge in [0, 0.05) is 25.1 Å². The van der Waals surface area contributed by atoms with E-state index in [1.807, 2.05) is 0 Å². The minimum absolute atomic E-state index is 0.0851. The normalized spacial score (nSPS) is 16.9. The molecule has 0 radical (unpaired) electrons. The van der Waals surface area contributed by atoms with Gasteiger partial charge in [0.05, 0.1) is 11.5 Å². The summed E-state index contributed by atoms with van der Waals surface area (Å²) >= 11 is 0. The summed E-state index contributed by atoms with van der Waals surface area (Å²) in [6.45, 7) is 3.96. The molecule has 0 aromatic heterocycles. The van der Waals surface area contributed by atoms with Crippen LogP contribution < -0.4 is 5.32 Å². The minimum Gasteiger partial charge on any atom is -0.463 e. The predicted octanol–water partition coefficient (Wildman–Crippen LogP) is 0.306. The summed E-state index contributed by atoms with van der Waals surface area (Å²) in [5.74, 6) is -1.92. The van der Waals surface area contributed by atoms with Crippen molar-refractivity contribution in [3.8, 4) is 0 Å². The van der Waals surface area contributed by atoms with Crippen molar-refractivity contribution in [1.29, 1.82) is 0 Å². The number of nitrogens with zero attached hydrogens (tertiary/aromatic N) is 1. The number of amides is 1. The van der Waals surface area contributed by atoms with Crippen molar-refractivity contribution in [3.63, 3.8) is 0 Å². The highest BCUT2D eigenvalue weighted by molar-refractivity contribution is 7.89. The summed E-state index contributed by atoms with van der Waals surface area (Å²) < 4.78 is 35.7. The van der Waals surface area contributed by atoms with E-state index in [1.165, 1.54) is 28.6 Å². The van der Waals surface area contributed by atoms with Crippen molar-refractivity contribution < 1.29 is 32.3 Å². The van der Waals surface area contributed by atoms with Gasteiger partial charge in [0.2, 0.25) is 16.1 Å². The van der Waals surface area contributed by atoms with Gasteiger partial charge in [0.15, 0.2) is 0 Å². The van der Waals surface area contributed by atoms with Crippen molar-refractivity contribution in [1.82, 2.24) is 9.62 Å². The van der Waals surface area contributed by atoms with Crippen LogP contribution in [0.15, 0.2) is 29.2 Å². The number of carbonyl (C=O) groups is 3. The summed E-state index contributed by atoms with van der Waals surface area (Å²) in [4.78, 5) is 35.1. The molecule has 1 fully saturated rings. The Kier molecular flexibility index (Phi) is 6.92. The second kappa shape index (κ2) is 8.96. The van der Waals surface area contributed by atoms with Gasteiger partial charge < -0.3 is 14.8 Å². The number of cyclic esters (lactones) is 1. The van der Waals surface area contributed by atoms with Crippen molar-refractivity contribution in [2.24, 2.45) is 0 Å². The SMILES string of the molecule is CCN(CC)S(=O)(=O)c1ccc(C(=O)NCC(=O)O[C@H]2CCOC2=O)cc1.